The summed E-state index contributed by atoms with van der Waals surface area (Å²) in [6.45, 7) is 19.8. The molecule has 11 nitrogen and oxygen atoms in total. The van der Waals surface area contributed by atoms with Crippen LogP contribution in [0.4, 0.5) is 15.3 Å². The number of hydrogen-bond donors (Lipinski definition) is 1. The highest BCUT2D eigenvalue weighted by molar-refractivity contribution is 6.11. The molecule has 0 aromatic heterocycles. The highest BCUT2D eigenvalue weighted by Gasteiger charge is 2.54. The number of anilines is 1. The zero-order valence-electron chi connectivity index (χ0n) is 26.2. The van der Waals surface area contributed by atoms with Gasteiger partial charge >= 0.3 is 18.1 Å². The normalized spacial score (nSPS) is 15.9. The molecule has 41 heavy (non-hydrogen) atoms. The molecule has 1 fully saturated rings. The van der Waals surface area contributed by atoms with Crippen molar-refractivity contribution in [2.24, 2.45) is 16.7 Å². The first-order valence-electron chi connectivity index (χ1n) is 13.8. The molecule has 0 radical (unpaired) electrons. The van der Waals surface area contributed by atoms with Crippen molar-refractivity contribution in [1.82, 2.24) is 10.0 Å². The van der Waals surface area contributed by atoms with Crippen LogP contribution < -0.4 is 10.1 Å². The molecule has 2 rings (SSSR count). The lowest BCUT2D eigenvalue weighted by atomic mass is 9.84. The molecular weight excluding hydrogens is 530 g/mol. The summed E-state index contributed by atoms with van der Waals surface area (Å²) < 4.78 is 16.4. The molecule has 1 atom stereocenters. The van der Waals surface area contributed by atoms with Crippen molar-refractivity contribution < 1.29 is 38.2 Å². The van der Waals surface area contributed by atoms with Gasteiger partial charge in [0.25, 0.3) is 11.8 Å². The van der Waals surface area contributed by atoms with E-state index in [9.17, 15) is 24.0 Å². The van der Waals surface area contributed by atoms with Gasteiger partial charge in [0.05, 0.1) is 24.0 Å². The van der Waals surface area contributed by atoms with Crippen LogP contribution in [0.5, 0.6) is 5.75 Å². The van der Waals surface area contributed by atoms with Gasteiger partial charge in [0.15, 0.2) is 5.60 Å². The molecule has 0 saturated carbocycles. The fourth-order valence-corrected chi connectivity index (χ4v) is 4.26. The van der Waals surface area contributed by atoms with Gasteiger partial charge in [-0.3, -0.25) is 9.59 Å². The summed E-state index contributed by atoms with van der Waals surface area (Å²) in [5.41, 5.74) is -2.19. The van der Waals surface area contributed by atoms with Crippen molar-refractivity contribution in [3.63, 3.8) is 0 Å². The molecule has 228 valence electrons. The summed E-state index contributed by atoms with van der Waals surface area (Å²) in [5, 5.41) is 3.39. The fraction of sp³-hybridized carbons (Fsp3) is 0.633. The number of ether oxygens (including phenoxy) is 3. The van der Waals surface area contributed by atoms with Crippen molar-refractivity contribution in [3.8, 4) is 5.75 Å². The first-order valence-corrected chi connectivity index (χ1v) is 13.8. The second-order valence-corrected chi connectivity index (χ2v) is 13.5. The smallest absolute Gasteiger partial charge is 0.437 e. The number of hydrazine groups is 1. The first-order chi connectivity index (χ1) is 18.6. The van der Waals surface area contributed by atoms with Crippen molar-refractivity contribution in [2.45, 2.75) is 101 Å². The van der Waals surface area contributed by atoms with E-state index in [1.54, 1.807) is 34.6 Å². The molecule has 1 unspecified atom stereocenters. The Morgan fingerprint density at radius 3 is 2.15 bits per heavy atom. The van der Waals surface area contributed by atoms with Crippen LogP contribution in [-0.4, -0.2) is 58.2 Å². The standard InChI is InChI=1S/C30H45N3O8/c1-18(2)40-22-16-20(23(34)39-15-14-19(3)17-28(4,5)6)12-13-21(22)31-26(37)32(24(35)29(7,8)9)33-25(36)30(10,11)41-27(33)38/h12-13,16,18-19H,14-15,17H2,1-11H3,(H,31,37). The van der Waals surface area contributed by atoms with E-state index in [0.717, 1.165) is 12.8 Å². The zero-order valence-corrected chi connectivity index (χ0v) is 26.2. The van der Waals surface area contributed by atoms with E-state index in [-0.39, 0.29) is 35.1 Å². The highest BCUT2D eigenvalue weighted by atomic mass is 16.6. The van der Waals surface area contributed by atoms with E-state index in [1.807, 2.05) is 0 Å². The minimum atomic E-state index is -1.56. The molecule has 11 heteroatoms. The lowest BCUT2D eigenvalue weighted by Crippen LogP contribution is -2.58. The van der Waals surface area contributed by atoms with Crippen molar-refractivity contribution in [1.29, 1.82) is 0 Å². The highest BCUT2D eigenvalue weighted by Crippen LogP contribution is 2.32. The first kappa shape index (κ1) is 33.6. The van der Waals surface area contributed by atoms with Gasteiger partial charge in [0.2, 0.25) is 0 Å². The molecule has 0 aliphatic carbocycles. The summed E-state index contributed by atoms with van der Waals surface area (Å²) >= 11 is 0. The number of imide groups is 2. The SMILES string of the molecule is CC(CCOC(=O)c1ccc(NC(=O)N(C(=O)C(C)(C)C)N2C(=O)OC(C)(C)C2=O)c(OC(C)C)c1)CC(C)(C)C. The van der Waals surface area contributed by atoms with Gasteiger partial charge < -0.3 is 19.5 Å². The van der Waals surface area contributed by atoms with Crippen LogP contribution in [0.3, 0.4) is 0 Å². The Bertz CT molecular complexity index is 1180. The van der Waals surface area contributed by atoms with Crippen LogP contribution in [0.15, 0.2) is 18.2 Å². The van der Waals surface area contributed by atoms with E-state index in [4.69, 9.17) is 14.2 Å². The molecule has 1 aromatic rings. The summed E-state index contributed by atoms with van der Waals surface area (Å²) in [5.74, 6) is -1.71. The maximum atomic E-state index is 13.5. The minimum Gasteiger partial charge on any atom is -0.489 e. The number of rotatable bonds is 9. The summed E-state index contributed by atoms with van der Waals surface area (Å²) in [6, 6.07) is 3.25. The number of hydrogen-bond acceptors (Lipinski definition) is 8. The van der Waals surface area contributed by atoms with E-state index in [0.29, 0.717) is 15.9 Å². The summed E-state index contributed by atoms with van der Waals surface area (Å²) in [6.07, 6.45) is 0.233. The van der Waals surface area contributed by atoms with E-state index >= 15 is 0 Å². The Kier molecular flexibility index (Phi) is 10.2. The molecule has 1 aliphatic heterocycles. The van der Waals surface area contributed by atoms with Crippen LogP contribution >= 0.6 is 0 Å². The molecule has 0 bridgehead atoms. The maximum absolute atomic E-state index is 13.5. The van der Waals surface area contributed by atoms with Gasteiger partial charge in [-0.05, 0) is 70.1 Å². The number of urea groups is 1. The van der Waals surface area contributed by atoms with Crippen LogP contribution in [-0.2, 0) is 19.1 Å². The maximum Gasteiger partial charge on any atom is 0.437 e. The van der Waals surface area contributed by atoms with E-state index < -0.39 is 40.9 Å². The lowest BCUT2D eigenvalue weighted by Gasteiger charge is -2.31. The number of esters is 1. The minimum absolute atomic E-state index is 0.116. The second-order valence-electron chi connectivity index (χ2n) is 13.5. The van der Waals surface area contributed by atoms with Gasteiger partial charge in [-0.15, -0.1) is 5.01 Å². The van der Waals surface area contributed by atoms with Gasteiger partial charge in [-0.1, -0.05) is 48.5 Å². The molecule has 1 heterocycles. The predicted octanol–water partition coefficient (Wildman–Crippen LogP) is 6.17. The van der Waals surface area contributed by atoms with Crippen LogP contribution in [0.1, 0.15) is 99.4 Å². The van der Waals surface area contributed by atoms with Gasteiger partial charge in [-0.25, -0.2) is 14.4 Å². The third-order valence-electron chi connectivity index (χ3n) is 6.08. The number of cyclic esters (lactones) is 1. The number of carbonyl (C=O) groups is 5. The quantitative estimate of drug-likeness (QED) is 0.346. The molecule has 1 N–H and O–H groups in total. The van der Waals surface area contributed by atoms with Gasteiger partial charge in [0.1, 0.15) is 5.75 Å². The second kappa shape index (κ2) is 12.5. The Morgan fingerprint density at radius 1 is 1.05 bits per heavy atom. The fourth-order valence-electron chi connectivity index (χ4n) is 4.26. The Labute approximate surface area is 242 Å². The third-order valence-corrected chi connectivity index (χ3v) is 6.08. The van der Waals surface area contributed by atoms with Crippen LogP contribution in [0.25, 0.3) is 0 Å². The number of nitrogens with zero attached hydrogens (tertiary/aromatic N) is 2. The molecular formula is C30H45N3O8. The average molecular weight is 576 g/mol. The predicted molar refractivity (Wildman–Crippen MR) is 153 cm³/mol. The summed E-state index contributed by atoms with van der Waals surface area (Å²) in [4.78, 5) is 65.1. The number of amides is 5. The number of benzene rings is 1. The van der Waals surface area contributed by atoms with Crippen molar-refractivity contribution >= 4 is 35.6 Å². The van der Waals surface area contributed by atoms with Crippen LogP contribution in [0.2, 0.25) is 0 Å². The molecule has 5 amide bonds. The third kappa shape index (κ3) is 8.93. The Balaban J connectivity index is 2.31. The molecule has 1 aliphatic rings. The Morgan fingerprint density at radius 2 is 1.66 bits per heavy atom. The van der Waals surface area contributed by atoms with Crippen LogP contribution in [0, 0.1) is 16.7 Å². The average Bonchev–Trinajstić information content (AvgIpc) is 2.99. The topological polar surface area (TPSA) is 132 Å². The molecule has 1 saturated heterocycles. The monoisotopic (exact) mass is 575 g/mol. The molecule has 1 aromatic carbocycles. The largest absolute Gasteiger partial charge is 0.489 e. The summed E-state index contributed by atoms with van der Waals surface area (Å²) in [7, 11) is 0. The Hall–Kier alpha value is -3.63. The van der Waals surface area contributed by atoms with Crippen molar-refractivity contribution in [3.05, 3.63) is 23.8 Å². The van der Waals surface area contributed by atoms with Gasteiger partial charge in [0, 0.05) is 5.41 Å². The number of carbonyl (C=O) groups excluding carboxylic acids is 5. The van der Waals surface area contributed by atoms with E-state index in [1.165, 1.54) is 32.0 Å². The van der Waals surface area contributed by atoms with Crippen molar-refractivity contribution in [2.75, 3.05) is 11.9 Å². The lowest BCUT2D eigenvalue weighted by molar-refractivity contribution is -0.156. The zero-order chi connectivity index (χ0) is 31.5. The number of nitrogens with one attached hydrogen (secondary N) is 1. The molecule has 0 spiro atoms. The van der Waals surface area contributed by atoms with E-state index in [2.05, 4.69) is 33.0 Å². The van der Waals surface area contributed by atoms with Gasteiger partial charge in [-0.2, -0.15) is 5.01 Å².